The summed E-state index contributed by atoms with van der Waals surface area (Å²) in [5.41, 5.74) is 1.98. The fourth-order valence-electron chi connectivity index (χ4n) is 2.09. The van der Waals surface area contributed by atoms with Crippen LogP contribution in [0.2, 0.25) is 0 Å². The quantitative estimate of drug-likeness (QED) is 0.662. The highest BCUT2D eigenvalue weighted by molar-refractivity contribution is 5.82. The van der Waals surface area contributed by atoms with Gasteiger partial charge in [-0.05, 0) is 50.2 Å². The summed E-state index contributed by atoms with van der Waals surface area (Å²) in [5, 5.41) is 1.13. The molecule has 0 aliphatic heterocycles. The molecule has 2 heteroatoms. The van der Waals surface area contributed by atoms with Crippen molar-refractivity contribution in [3.05, 3.63) is 54.6 Å². The Balaban J connectivity index is 1.93. The summed E-state index contributed by atoms with van der Waals surface area (Å²) in [6.07, 6.45) is 0.192. The highest BCUT2D eigenvalue weighted by atomic mass is 16.5. The Morgan fingerprint density at radius 1 is 0.947 bits per heavy atom. The summed E-state index contributed by atoms with van der Waals surface area (Å²) < 4.78 is 11.5. The molecule has 0 aliphatic rings. The minimum absolute atomic E-state index is 0.192. The Bertz CT molecular complexity index is 645. The van der Waals surface area contributed by atoms with Gasteiger partial charge in [-0.15, -0.1) is 0 Å². The lowest BCUT2D eigenvalue weighted by Crippen LogP contribution is -2.05. The zero-order chi connectivity index (χ0) is 13.2. The predicted octanol–water partition coefficient (Wildman–Crippen LogP) is 4.89. The van der Waals surface area contributed by atoms with Crippen molar-refractivity contribution in [2.75, 3.05) is 0 Å². The SMILES string of the molecule is CC(C)Oc1ccc(-c2cc3ccccc3o2)cc1. The van der Waals surface area contributed by atoms with Crippen LogP contribution in [0.25, 0.3) is 22.3 Å². The second kappa shape index (κ2) is 4.81. The normalized spacial score (nSPS) is 11.1. The molecule has 0 saturated heterocycles. The molecule has 0 N–H and O–H groups in total. The van der Waals surface area contributed by atoms with Gasteiger partial charge in [0.05, 0.1) is 6.10 Å². The lowest BCUT2D eigenvalue weighted by Gasteiger charge is -2.09. The number of benzene rings is 2. The van der Waals surface area contributed by atoms with Crippen molar-refractivity contribution in [1.29, 1.82) is 0 Å². The smallest absolute Gasteiger partial charge is 0.135 e. The molecule has 0 amide bonds. The lowest BCUT2D eigenvalue weighted by atomic mass is 10.1. The maximum absolute atomic E-state index is 5.83. The molecule has 0 saturated carbocycles. The van der Waals surface area contributed by atoms with Crippen LogP contribution in [0.4, 0.5) is 0 Å². The van der Waals surface area contributed by atoms with E-state index >= 15 is 0 Å². The summed E-state index contributed by atoms with van der Waals surface area (Å²) in [6, 6.07) is 18.1. The molecule has 96 valence electrons. The third kappa shape index (κ3) is 2.48. The molecular weight excluding hydrogens is 236 g/mol. The van der Waals surface area contributed by atoms with Crippen molar-refractivity contribution >= 4 is 11.0 Å². The van der Waals surface area contributed by atoms with E-state index in [9.17, 15) is 0 Å². The molecule has 0 unspecified atom stereocenters. The van der Waals surface area contributed by atoms with E-state index in [1.54, 1.807) is 0 Å². The molecule has 0 atom stereocenters. The average molecular weight is 252 g/mol. The fourth-order valence-corrected chi connectivity index (χ4v) is 2.09. The summed E-state index contributed by atoms with van der Waals surface area (Å²) in [5.74, 6) is 1.77. The predicted molar refractivity (Wildman–Crippen MR) is 77.4 cm³/mol. The summed E-state index contributed by atoms with van der Waals surface area (Å²) in [6.45, 7) is 4.04. The molecule has 0 spiro atoms. The van der Waals surface area contributed by atoms with E-state index in [-0.39, 0.29) is 6.10 Å². The van der Waals surface area contributed by atoms with Crippen LogP contribution in [0.3, 0.4) is 0 Å². The minimum Gasteiger partial charge on any atom is -0.491 e. The van der Waals surface area contributed by atoms with E-state index in [0.717, 1.165) is 28.0 Å². The first-order chi connectivity index (χ1) is 9.22. The van der Waals surface area contributed by atoms with E-state index in [2.05, 4.69) is 12.1 Å². The molecule has 3 rings (SSSR count). The first-order valence-corrected chi connectivity index (χ1v) is 6.48. The third-order valence-corrected chi connectivity index (χ3v) is 2.94. The first kappa shape index (κ1) is 11.8. The lowest BCUT2D eigenvalue weighted by molar-refractivity contribution is 0.242. The minimum atomic E-state index is 0.192. The topological polar surface area (TPSA) is 22.4 Å². The molecule has 0 bridgehead atoms. The van der Waals surface area contributed by atoms with E-state index in [1.165, 1.54) is 0 Å². The van der Waals surface area contributed by atoms with Gasteiger partial charge in [0.25, 0.3) is 0 Å². The van der Waals surface area contributed by atoms with Crippen LogP contribution in [0, 0.1) is 0 Å². The van der Waals surface area contributed by atoms with Crippen molar-refractivity contribution in [2.45, 2.75) is 20.0 Å². The van der Waals surface area contributed by atoms with Crippen molar-refractivity contribution in [2.24, 2.45) is 0 Å². The van der Waals surface area contributed by atoms with Gasteiger partial charge in [-0.1, -0.05) is 18.2 Å². The monoisotopic (exact) mass is 252 g/mol. The Morgan fingerprint density at radius 2 is 1.68 bits per heavy atom. The molecule has 0 aliphatic carbocycles. The molecule has 19 heavy (non-hydrogen) atoms. The van der Waals surface area contributed by atoms with Gasteiger partial charge in [-0.3, -0.25) is 0 Å². The Labute approximate surface area is 112 Å². The molecule has 1 aromatic heterocycles. The first-order valence-electron chi connectivity index (χ1n) is 6.48. The van der Waals surface area contributed by atoms with Gasteiger partial charge in [0.15, 0.2) is 0 Å². The highest BCUT2D eigenvalue weighted by Gasteiger charge is 2.06. The highest BCUT2D eigenvalue weighted by Crippen LogP contribution is 2.28. The standard InChI is InChI=1S/C17H16O2/c1-12(2)18-15-9-7-13(8-10-15)17-11-14-5-3-4-6-16(14)19-17/h3-12H,1-2H3. The van der Waals surface area contributed by atoms with Gasteiger partial charge >= 0.3 is 0 Å². The van der Waals surface area contributed by atoms with Crippen LogP contribution in [-0.2, 0) is 0 Å². The number of fused-ring (bicyclic) bond motifs is 1. The zero-order valence-corrected chi connectivity index (χ0v) is 11.1. The van der Waals surface area contributed by atoms with E-state index in [1.807, 2.05) is 56.3 Å². The number of rotatable bonds is 3. The van der Waals surface area contributed by atoms with Gasteiger partial charge in [-0.25, -0.2) is 0 Å². The molecule has 2 nitrogen and oxygen atoms in total. The number of hydrogen-bond acceptors (Lipinski definition) is 2. The Morgan fingerprint density at radius 3 is 2.37 bits per heavy atom. The Kier molecular flexibility index (Phi) is 3.00. The maximum Gasteiger partial charge on any atom is 0.135 e. The van der Waals surface area contributed by atoms with Crippen molar-refractivity contribution < 1.29 is 9.15 Å². The van der Waals surface area contributed by atoms with Crippen LogP contribution in [0.1, 0.15) is 13.8 Å². The van der Waals surface area contributed by atoms with E-state index < -0.39 is 0 Å². The number of hydrogen-bond donors (Lipinski definition) is 0. The third-order valence-electron chi connectivity index (χ3n) is 2.94. The maximum atomic E-state index is 5.83. The van der Waals surface area contributed by atoms with Crippen LogP contribution >= 0.6 is 0 Å². The van der Waals surface area contributed by atoms with Gasteiger partial charge < -0.3 is 9.15 Å². The summed E-state index contributed by atoms with van der Waals surface area (Å²) in [7, 11) is 0. The molecule has 0 fully saturated rings. The second-order valence-electron chi connectivity index (χ2n) is 4.84. The van der Waals surface area contributed by atoms with Crippen molar-refractivity contribution in [1.82, 2.24) is 0 Å². The summed E-state index contributed by atoms with van der Waals surface area (Å²) in [4.78, 5) is 0. The Hall–Kier alpha value is -2.22. The van der Waals surface area contributed by atoms with Crippen LogP contribution in [-0.4, -0.2) is 6.10 Å². The summed E-state index contributed by atoms with van der Waals surface area (Å²) >= 11 is 0. The molecular formula is C17H16O2. The van der Waals surface area contributed by atoms with Crippen LogP contribution in [0.15, 0.2) is 59.0 Å². The number of furan rings is 1. The fraction of sp³-hybridized carbons (Fsp3) is 0.176. The van der Waals surface area contributed by atoms with Crippen LogP contribution < -0.4 is 4.74 Å². The molecule has 0 radical (unpaired) electrons. The van der Waals surface area contributed by atoms with Gasteiger partial charge in [0, 0.05) is 10.9 Å². The van der Waals surface area contributed by atoms with Gasteiger partial charge in [-0.2, -0.15) is 0 Å². The van der Waals surface area contributed by atoms with Crippen molar-refractivity contribution in [3.63, 3.8) is 0 Å². The zero-order valence-electron chi connectivity index (χ0n) is 11.1. The second-order valence-corrected chi connectivity index (χ2v) is 4.84. The van der Waals surface area contributed by atoms with Gasteiger partial charge in [0.2, 0.25) is 0 Å². The number of ether oxygens (including phenoxy) is 1. The molecule has 1 heterocycles. The molecule has 2 aromatic carbocycles. The van der Waals surface area contributed by atoms with Crippen molar-refractivity contribution in [3.8, 4) is 17.1 Å². The molecule has 3 aromatic rings. The van der Waals surface area contributed by atoms with E-state index in [4.69, 9.17) is 9.15 Å². The average Bonchev–Trinajstić information content (AvgIpc) is 2.82. The largest absolute Gasteiger partial charge is 0.491 e. The van der Waals surface area contributed by atoms with Crippen LogP contribution in [0.5, 0.6) is 5.75 Å². The van der Waals surface area contributed by atoms with E-state index in [0.29, 0.717) is 0 Å². The van der Waals surface area contributed by atoms with Gasteiger partial charge in [0.1, 0.15) is 17.1 Å². The number of para-hydroxylation sites is 1.